The summed E-state index contributed by atoms with van der Waals surface area (Å²) in [5.41, 5.74) is 2.97. The molecule has 2 heterocycles. The van der Waals surface area contributed by atoms with Gasteiger partial charge in [-0.1, -0.05) is 36.4 Å². The van der Waals surface area contributed by atoms with Crippen LogP contribution in [0.4, 0.5) is 10.1 Å². The zero-order valence-electron chi connectivity index (χ0n) is 20.7. The van der Waals surface area contributed by atoms with Crippen molar-refractivity contribution in [2.45, 2.75) is 36.9 Å². The van der Waals surface area contributed by atoms with E-state index in [0.29, 0.717) is 32.1 Å². The second-order valence-electron chi connectivity index (χ2n) is 10.4. The van der Waals surface area contributed by atoms with Gasteiger partial charge in [-0.25, -0.2) is 4.39 Å². The number of nitrogens with one attached hydrogen (secondary N) is 1. The molecule has 3 aromatic rings. The lowest BCUT2D eigenvalue weighted by molar-refractivity contribution is -0.135. The molecule has 36 heavy (non-hydrogen) atoms. The Morgan fingerprint density at radius 1 is 1.08 bits per heavy atom. The van der Waals surface area contributed by atoms with Crippen molar-refractivity contribution in [1.82, 2.24) is 15.1 Å². The monoisotopic (exact) mass is 488 g/mol. The topological polar surface area (TPSA) is 59.1 Å². The van der Waals surface area contributed by atoms with Crippen LogP contribution in [0, 0.1) is 5.82 Å². The molecule has 188 valence electrons. The number of piperidine rings is 1. The van der Waals surface area contributed by atoms with Crippen molar-refractivity contribution in [2.75, 3.05) is 44.8 Å². The molecule has 3 aromatic carbocycles. The highest BCUT2D eigenvalue weighted by Gasteiger charge is 2.54. The number of halogens is 1. The summed E-state index contributed by atoms with van der Waals surface area (Å²) in [6.07, 6.45) is 1.76. The van der Waals surface area contributed by atoms with E-state index in [1.807, 2.05) is 0 Å². The van der Waals surface area contributed by atoms with Gasteiger partial charge in [0.1, 0.15) is 11.4 Å². The Morgan fingerprint density at radius 2 is 1.81 bits per heavy atom. The Kier molecular flexibility index (Phi) is 5.94. The lowest BCUT2D eigenvalue weighted by Gasteiger charge is -2.45. The minimum Gasteiger partial charge on any atom is -0.390 e. The van der Waals surface area contributed by atoms with Crippen molar-refractivity contribution in [3.8, 4) is 0 Å². The van der Waals surface area contributed by atoms with Crippen LogP contribution in [0.15, 0.2) is 60.7 Å². The van der Waals surface area contributed by atoms with Crippen molar-refractivity contribution >= 4 is 22.4 Å². The molecular weight excluding hydrogens is 455 g/mol. The van der Waals surface area contributed by atoms with Crippen LogP contribution in [0.5, 0.6) is 0 Å². The molecule has 0 saturated carbocycles. The third kappa shape index (κ3) is 3.77. The maximum absolute atomic E-state index is 13.9. The maximum atomic E-state index is 13.9. The largest absolute Gasteiger partial charge is 0.390 e. The summed E-state index contributed by atoms with van der Waals surface area (Å²) < 4.78 is 13.7. The van der Waals surface area contributed by atoms with Gasteiger partial charge in [-0.2, -0.15) is 0 Å². The van der Waals surface area contributed by atoms with Crippen LogP contribution in [0.25, 0.3) is 10.8 Å². The van der Waals surface area contributed by atoms with Crippen molar-refractivity contribution < 1.29 is 14.3 Å². The zero-order chi connectivity index (χ0) is 24.9. The number of β-amino-alcohol motifs (C(OH)–C–C–N with tert-alkyl or cyclic N) is 1. The highest BCUT2D eigenvalue weighted by molar-refractivity contribution is 5.94. The van der Waals surface area contributed by atoms with E-state index in [1.165, 1.54) is 34.0 Å². The SMILES string of the molecule is CNC[C@@H](O)CN1CN(c2ccc(F)cc2)C2(CCN(C3Cc4cccc5cccc3c45)CC2)C1=O. The van der Waals surface area contributed by atoms with Crippen LogP contribution < -0.4 is 10.2 Å². The van der Waals surface area contributed by atoms with Crippen LogP contribution in [-0.2, 0) is 11.2 Å². The molecule has 1 unspecified atom stereocenters. The number of likely N-dealkylation sites (N-methyl/N-ethyl adjacent to an activating group) is 1. The number of nitrogens with zero attached hydrogens (tertiary/aromatic N) is 3. The van der Waals surface area contributed by atoms with E-state index in [-0.39, 0.29) is 18.3 Å². The number of aliphatic hydroxyl groups excluding tert-OH is 1. The van der Waals surface area contributed by atoms with Crippen molar-refractivity contribution in [3.05, 3.63) is 77.6 Å². The molecular formula is C29H33FN4O2. The number of carbonyl (C=O) groups excluding carboxylic acids is 1. The van der Waals surface area contributed by atoms with Gasteiger partial charge >= 0.3 is 0 Å². The number of hydrogen-bond acceptors (Lipinski definition) is 5. The van der Waals surface area contributed by atoms with E-state index < -0.39 is 11.6 Å². The summed E-state index contributed by atoms with van der Waals surface area (Å²) in [7, 11) is 1.79. The summed E-state index contributed by atoms with van der Waals surface area (Å²) in [5, 5.41) is 16.1. The van der Waals surface area contributed by atoms with E-state index in [4.69, 9.17) is 0 Å². The molecule has 0 aromatic heterocycles. The van der Waals surface area contributed by atoms with E-state index in [0.717, 1.165) is 25.2 Å². The molecule has 1 aliphatic carbocycles. The van der Waals surface area contributed by atoms with Gasteiger partial charge in [0.15, 0.2) is 0 Å². The smallest absolute Gasteiger partial charge is 0.250 e. The first-order chi connectivity index (χ1) is 17.5. The third-order valence-corrected chi connectivity index (χ3v) is 8.38. The first-order valence-electron chi connectivity index (χ1n) is 12.9. The minimum atomic E-state index is -0.675. The van der Waals surface area contributed by atoms with Gasteiger partial charge in [0, 0.05) is 37.9 Å². The van der Waals surface area contributed by atoms with Crippen LogP contribution in [0.2, 0.25) is 0 Å². The van der Waals surface area contributed by atoms with E-state index in [9.17, 15) is 14.3 Å². The van der Waals surface area contributed by atoms with Gasteiger partial charge in [-0.3, -0.25) is 9.69 Å². The van der Waals surface area contributed by atoms with Gasteiger partial charge in [-0.15, -0.1) is 0 Å². The Bertz CT molecular complexity index is 1270. The average Bonchev–Trinajstić information content (AvgIpc) is 3.38. The Balaban J connectivity index is 1.26. The van der Waals surface area contributed by atoms with E-state index in [1.54, 1.807) is 24.1 Å². The number of hydrogen-bond donors (Lipinski definition) is 2. The number of aliphatic hydroxyl groups is 1. The van der Waals surface area contributed by atoms with Crippen molar-refractivity contribution in [2.24, 2.45) is 0 Å². The van der Waals surface area contributed by atoms with Gasteiger partial charge < -0.3 is 20.2 Å². The predicted octanol–water partition coefficient (Wildman–Crippen LogP) is 3.30. The summed E-state index contributed by atoms with van der Waals surface area (Å²) >= 11 is 0. The number of anilines is 1. The summed E-state index contributed by atoms with van der Waals surface area (Å²) in [6.45, 7) is 2.73. The van der Waals surface area contributed by atoms with Gasteiger partial charge in [0.05, 0.1) is 12.8 Å². The van der Waals surface area contributed by atoms with Gasteiger partial charge in [0.2, 0.25) is 5.91 Å². The quantitative estimate of drug-likeness (QED) is 0.558. The molecule has 6 rings (SSSR count). The fraction of sp³-hybridized carbons (Fsp3) is 0.414. The number of likely N-dealkylation sites (tertiary alicyclic amines) is 1. The third-order valence-electron chi connectivity index (χ3n) is 8.38. The van der Waals surface area contributed by atoms with Crippen LogP contribution in [0.3, 0.4) is 0 Å². The fourth-order valence-corrected chi connectivity index (χ4v) is 6.66. The predicted molar refractivity (Wildman–Crippen MR) is 139 cm³/mol. The highest BCUT2D eigenvalue weighted by atomic mass is 19.1. The second-order valence-corrected chi connectivity index (χ2v) is 10.4. The first-order valence-corrected chi connectivity index (χ1v) is 12.9. The maximum Gasteiger partial charge on any atom is 0.250 e. The highest BCUT2D eigenvalue weighted by Crippen LogP contribution is 2.45. The second kappa shape index (κ2) is 9.14. The zero-order valence-corrected chi connectivity index (χ0v) is 20.7. The Morgan fingerprint density at radius 3 is 2.53 bits per heavy atom. The lowest BCUT2D eigenvalue weighted by Crippen LogP contribution is -2.57. The lowest BCUT2D eigenvalue weighted by atomic mass is 9.84. The molecule has 6 nitrogen and oxygen atoms in total. The molecule has 2 saturated heterocycles. The van der Waals surface area contributed by atoms with Crippen LogP contribution in [0.1, 0.15) is 30.0 Å². The standard InChI is InChI=1S/C29H33FN4O2/c1-31-17-24(35)18-33-19-34(23-10-8-22(30)9-11-23)29(28(33)36)12-14-32(15-13-29)26-16-21-6-2-4-20-5-3-7-25(26)27(20)21/h2-11,24,26,31,35H,12-19H2,1H3/t24-,26?/m1/s1. The Hall–Kier alpha value is -3.00. The molecule has 2 aliphatic heterocycles. The molecule has 2 N–H and O–H groups in total. The van der Waals surface area contributed by atoms with E-state index >= 15 is 0 Å². The minimum absolute atomic E-state index is 0.0680. The molecule has 0 radical (unpaired) electrons. The summed E-state index contributed by atoms with van der Waals surface area (Å²) in [5.74, 6) is -0.220. The molecule has 0 bridgehead atoms. The summed E-state index contributed by atoms with van der Waals surface area (Å²) in [4.78, 5) is 20.3. The van der Waals surface area contributed by atoms with E-state index in [2.05, 4.69) is 51.5 Å². The molecule has 1 spiro atoms. The first kappa shape index (κ1) is 23.4. The normalized spacial score (nSPS) is 22.2. The number of rotatable bonds is 6. The molecule has 1 amide bonds. The van der Waals surface area contributed by atoms with Crippen LogP contribution >= 0.6 is 0 Å². The molecule has 7 heteroatoms. The molecule has 3 aliphatic rings. The number of amides is 1. The fourth-order valence-electron chi connectivity index (χ4n) is 6.66. The van der Waals surface area contributed by atoms with Gasteiger partial charge in [-0.05, 0) is 72.5 Å². The van der Waals surface area contributed by atoms with Crippen molar-refractivity contribution in [1.29, 1.82) is 0 Å². The molecule has 2 atom stereocenters. The molecule has 2 fully saturated rings. The van der Waals surface area contributed by atoms with Gasteiger partial charge in [0.25, 0.3) is 0 Å². The van der Waals surface area contributed by atoms with Crippen LogP contribution in [-0.4, -0.2) is 72.4 Å². The number of carbonyl (C=O) groups is 1. The Labute approximate surface area is 211 Å². The van der Waals surface area contributed by atoms with Crippen molar-refractivity contribution in [3.63, 3.8) is 0 Å². The average molecular weight is 489 g/mol. The number of benzene rings is 3. The summed E-state index contributed by atoms with van der Waals surface area (Å²) in [6, 6.07) is 19.9.